The van der Waals surface area contributed by atoms with E-state index in [9.17, 15) is 4.79 Å². The average molecular weight is 318 g/mol. The van der Waals surface area contributed by atoms with Crippen LogP contribution in [0.5, 0.6) is 0 Å². The fourth-order valence-electron chi connectivity index (χ4n) is 2.46. The van der Waals surface area contributed by atoms with E-state index < -0.39 is 5.69 Å². The second-order valence-electron chi connectivity index (χ2n) is 5.27. The number of nitrogens with one attached hydrogen (secondary N) is 2. The molecule has 3 aromatic rings. The maximum absolute atomic E-state index is 12.3. The number of benzene rings is 2. The normalized spacial score (nSPS) is 12.2. The van der Waals surface area contributed by atoms with Crippen molar-refractivity contribution < 1.29 is 0 Å². The topological polar surface area (TPSA) is 97.3 Å². The number of nitrogens with two attached hydrogens (primary N) is 1. The summed E-state index contributed by atoms with van der Waals surface area (Å²) in [4.78, 5) is 20.8. The summed E-state index contributed by atoms with van der Waals surface area (Å²) in [6, 6.07) is 16.8. The van der Waals surface area contributed by atoms with Crippen LogP contribution in [0.4, 0.5) is 22.9 Å². The number of hydrogen-bond donors (Lipinski definition) is 3. The lowest BCUT2D eigenvalue weighted by Gasteiger charge is -2.12. The molecular weight excluding hydrogens is 304 g/mol. The monoisotopic (exact) mass is 318 g/mol. The molecule has 7 nitrogen and oxygen atoms in total. The highest BCUT2D eigenvalue weighted by Gasteiger charge is 2.17. The Labute approximate surface area is 137 Å². The van der Waals surface area contributed by atoms with E-state index in [2.05, 4.69) is 20.7 Å². The first-order valence-electron chi connectivity index (χ1n) is 7.37. The smallest absolute Gasteiger partial charge is 0.368 e. The van der Waals surface area contributed by atoms with Crippen molar-refractivity contribution in [2.45, 2.75) is 0 Å². The van der Waals surface area contributed by atoms with Gasteiger partial charge in [-0.2, -0.15) is 4.98 Å². The van der Waals surface area contributed by atoms with Gasteiger partial charge in [-0.15, -0.1) is 0 Å². The number of aromatic nitrogens is 2. The van der Waals surface area contributed by atoms with Crippen molar-refractivity contribution in [3.63, 3.8) is 0 Å². The van der Waals surface area contributed by atoms with Gasteiger partial charge in [0.2, 0.25) is 0 Å². The maximum atomic E-state index is 12.3. The molecule has 0 saturated heterocycles. The van der Waals surface area contributed by atoms with E-state index in [0.29, 0.717) is 22.9 Å². The van der Waals surface area contributed by atoms with Crippen molar-refractivity contribution in [2.24, 2.45) is 10.7 Å². The zero-order chi connectivity index (χ0) is 16.5. The van der Waals surface area contributed by atoms with Crippen LogP contribution in [0.1, 0.15) is 5.56 Å². The van der Waals surface area contributed by atoms with Crippen LogP contribution in [0, 0.1) is 0 Å². The number of amidine groups is 1. The highest BCUT2D eigenvalue weighted by atomic mass is 16.2. The van der Waals surface area contributed by atoms with Gasteiger partial charge >= 0.3 is 5.69 Å². The lowest BCUT2D eigenvalue weighted by Crippen LogP contribution is -2.31. The van der Waals surface area contributed by atoms with E-state index in [-0.39, 0.29) is 0 Å². The molecule has 0 spiro atoms. The van der Waals surface area contributed by atoms with E-state index in [4.69, 9.17) is 5.73 Å². The number of fused-ring (bicyclic) bond motifs is 2. The Kier molecular flexibility index (Phi) is 3.24. The van der Waals surface area contributed by atoms with Gasteiger partial charge in [-0.1, -0.05) is 30.3 Å². The molecule has 1 aliphatic heterocycles. The first-order chi connectivity index (χ1) is 11.7. The summed E-state index contributed by atoms with van der Waals surface area (Å²) in [7, 11) is 0. The molecule has 118 valence electrons. The van der Waals surface area contributed by atoms with Gasteiger partial charge in [0.15, 0.2) is 0 Å². The summed E-state index contributed by atoms with van der Waals surface area (Å²) in [6.07, 6.45) is 1.59. The fraction of sp³-hybridized carbons (Fsp3) is 0. The number of aliphatic imine (C=N–C) groups is 1. The van der Waals surface area contributed by atoms with Crippen molar-refractivity contribution in [3.8, 4) is 0 Å². The lowest BCUT2D eigenvalue weighted by molar-refractivity contribution is 0.844. The molecule has 0 bridgehead atoms. The van der Waals surface area contributed by atoms with Gasteiger partial charge in [0.1, 0.15) is 11.7 Å². The quantitative estimate of drug-likeness (QED) is 0.673. The van der Waals surface area contributed by atoms with Crippen molar-refractivity contribution >= 4 is 28.7 Å². The van der Waals surface area contributed by atoms with Gasteiger partial charge < -0.3 is 11.1 Å². The SMILES string of the molecule is NC1=Nc2ccccc2Nc2nc(=O)n(Nc3ccccc3)cc21. The Bertz CT molecular complexity index is 993. The van der Waals surface area contributed by atoms with Crippen LogP contribution in [-0.2, 0) is 0 Å². The summed E-state index contributed by atoms with van der Waals surface area (Å²) in [5.41, 5.74) is 11.4. The molecule has 24 heavy (non-hydrogen) atoms. The third kappa shape index (κ3) is 2.48. The molecule has 2 heterocycles. The third-order valence-electron chi connectivity index (χ3n) is 3.62. The van der Waals surface area contributed by atoms with Gasteiger partial charge in [-0.25, -0.2) is 14.5 Å². The third-order valence-corrected chi connectivity index (χ3v) is 3.62. The van der Waals surface area contributed by atoms with Crippen LogP contribution >= 0.6 is 0 Å². The van der Waals surface area contributed by atoms with Crippen molar-refractivity contribution in [2.75, 3.05) is 10.7 Å². The largest absolute Gasteiger partial charge is 0.383 e. The van der Waals surface area contributed by atoms with E-state index in [0.717, 1.165) is 11.4 Å². The van der Waals surface area contributed by atoms with Crippen molar-refractivity contribution in [1.82, 2.24) is 9.66 Å². The molecule has 4 N–H and O–H groups in total. The van der Waals surface area contributed by atoms with Crippen LogP contribution < -0.4 is 22.2 Å². The molecule has 1 aromatic heterocycles. The molecule has 2 aromatic carbocycles. The number of hydrogen-bond acceptors (Lipinski definition) is 6. The summed E-state index contributed by atoms with van der Waals surface area (Å²) < 4.78 is 1.29. The zero-order valence-corrected chi connectivity index (χ0v) is 12.6. The Morgan fingerprint density at radius 2 is 1.79 bits per heavy atom. The highest BCUT2D eigenvalue weighted by Crippen LogP contribution is 2.31. The van der Waals surface area contributed by atoms with Gasteiger partial charge in [0.05, 0.1) is 22.6 Å². The van der Waals surface area contributed by atoms with Gasteiger partial charge in [-0.05, 0) is 24.3 Å². The van der Waals surface area contributed by atoms with Crippen LogP contribution in [0.25, 0.3) is 0 Å². The molecular formula is C17H14N6O. The Balaban J connectivity index is 1.80. The first kappa shape index (κ1) is 14.0. The van der Waals surface area contributed by atoms with Crippen LogP contribution in [-0.4, -0.2) is 15.5 Å². The minimum absolute atomic E-state index is 0.290. The van der Waals surface area contributed by atoms with E-state index >= 15 is 0 Å². The Morgan fingerprint density at radius 1 is 1.04 bits per heavy atom. The van der Waals surface area contributed by atoms with Crippen molar-refractivity contribution in [3.05, 3.63) is 76.8 Å². The number of anilines is 3. The summed E-state index contributed by atoms with van der Waals surface area (Å²) >= 11 is 0. The molecule has 0 radical (unpaired) electrons. The standard InChI is InChI=1S/C17H14N6O/c18-15-12-10-23(22-11-6-2-1-3-7-11)17(24)21-16(12)20-14-9-5-4-8-13(14)19-15/h1-10,22H,(H2,18,19)(H,20,21,24). The number of para-hydroxylation sites is 3. The molecule has 0 fully saturated rings. The average Bonchev–Trinajstić information content (AvgIpc) is 2.72. The summed E-state index contributed by atoms with van der Waals surface area (Å²) in [6.45, 7) is 0. The maximum Gasteiger partial charge on any atom is 0.368 e. The molecule has 4 rings (SSSR count). The predicted molar refractivity (Wildman–Crippen MR) is 94.1 cm³/mol. The van der Waals surface area contributed by atoms with Gasteiger partial charge in [-0.3, -0.25) is 5.43 Å². The van der Waals surface area contributed by atoms with Crippen LogP contribution in [0.15, 0.2) is 70.6 Å². The molecule has 0 aliphatic carbocycles. The molecule has 0 unspecified atom stereocenters. The first-order valence-corrected chi connectivity index (χ1v) is 7.37. The van der Waals surface area contributed by atoms with Gasteiger partial charge in [0, 0.05) is 6.20 Å². The zero-order valence-electron chi connectivity index (χ0n) is 12.6. The number of rotatable bonds is 2. The molecule has 0 atom stereocenters. The van der Waals surface area contributed by atoms with E-state index in [1.165, 1.54) is 4.68 Å². The minimum Gasteiger partial charge on any atom is -0.383 e. The second kappa shape index (κ2) is 5.54. The highest BCUT2D eigenvalue weighted by molar-refractivity contribution is 6.05. The fourth-order valence-corrected chi connectivity index (χ4v) is 2.46. The lowest BCUT2D eigenvalue weighted by atomic mass is 10.2. The number of nitrogens with zero attached hydrogens (tertiary/aromatic N) is 3. The Hall–Kier alpha value is -3.61. The minimum atomic E-state index is -0.447. The molecule has 0 saturated carbocycles. The summed E-state index contributed by atoms with van der Waals surface area (Å²) in [5.74, 6) is 0.677. The summed E-state index contributed by atoms with van der Waals surface area (Å²) in [5, 5.41) is 3.12. The predicted octanol–water partition coefficient (Wildman–Crippen LogP) is 2.21. The van der Waals surface area contributed by atoms with E-state index in [1.807, 2.05) is 54.6 Å². The molecule has 1 aliphatic rings. The van der Waals surface area contributed by atoms with Gasteiger partial charge in [0.25, 0.3) is 0 Å². The van der Waals surface area contributed by atoms with Crippen LogP contribution in [0.2, 0.25) is 0 Å². The Morgan fingerprint density at radius 3 is 2.62 bits per heavy atom. The van der Waals surface area contributed by atoms with Crippen LogP contribution in [0.3, 0.4) is 0 Å². The molecule has 0 amide bonds. The van der Waals surface area contributed by atoms with Crippen molar-refractivity contribution in [1.29, 1.82) is 0 Å². The molecule has 7 heteroatoms. The van der Waals surface area contributed by atoms with E-state index in [1.54, 1.807) is 6.20 Å². The second-order valence-corrected chi connectivity index (χ2v) is 5.27.